The molecule has 5 N–H and O–H groups in total. The number of ketones is 1. The Morgan fingerprint density at radius 3 is 2.62 bits per heavy atom. The highest BCUT2D eigenvalue weighted by Crippen LogP contribution is 2.67. The molecule has 9 heteroatoms. The van der Waals surface area contributed by atoms with Crippen LogP contribution in [0, 0.1) is 28.6 Å². The molecule has 0 aromatic heterocycles. The van der Waals surface area contributed by atoms with Crippen LogP contribution in [-0.4, -0.2) is 73.8 Å². The van der Waals surface area contributed by atoms with Crippen molar-refractivity contribution in [3.8, 4) is 0 Å². The molecule has 3 fully saturated rings. The van der Waals surface area contributed by atoms with Crippen LogP contribution in [0.4, 0.5) is 0 Å². The highest BCUT2D eigenvalue weighted by Gasteiger charge is 2.65. The van der Waals surface area contributed by atoms with E-state index in [1.807, 2.05) is 13.0 Å². The molecular weight excluding hydrogens is 480 g/mol. The second-order valence-corrected chi connectivity index (χ2v) is 12.1. The lowest BCUT2D eigenvalue weighted by Crippen LogP contribution is -2.59. The third-order valence-electron chi connectivity index (χ3n) is 9.95. The van der Waals surface area contributed by atoms with Gasteiger partial charge in [0, 0.05) is 29.6 Å². The summed E-state index contributed by atoms with van der Waals surface area (Å²) in [6.45, 7) is 3.77. The van der Waals surface area contributed by atoms with Crippen molar-refractivity contribution < 1.29 is 44.7 Å². The highest BCUT2D eigenvalue weighted by atomic mass is 16.5. The molecule has 0 bridgehead atoms. The zero-order valence-electron chi connectivity index (χ0n) is 21.6. The number of aliphatic hydroxyl groups is 4. The molecule has 0 amide bonds. The van der Waals surface area contributed by atoms with Gasteiger partial charge in [-0.1, -0.05) is 25.5 Å². The number of carboxylic acids is 1. The number of hydrogen-bond donors (Lipinski definition) is 5. The lowest BCUT2D eigenvalue weighted by molar-refractivity contribution is -0.170. The maximum atomic E-state index is 12.4. The first kappa shape index (κ1) is 28.0. The van der Waals surface area contributed by atoms with Crippen LogP contribution in [0.2, 0.25) is 0 Å². The molecular formula is C28H40O9. The number of ether oxygens (including phenoxy) is 1. The fraction of sp³-hybridized carbons (Fsp3) is 0.750. The van der Waals surface area contributed by atoms with E-state index in [0.717, 1.165) is 24.8 Å². The number of fused-ring (bicyclic) bond motifs is 5. The molecule has 9 nitrogen and oxygen atoms in total. The van der Waals surface area contributed by atoms with Crippen molar-refractivity contribution in [1.29, 1.82) is 0 Å². The van der Waals surface area contributed by atoms with Gasteiger partial charge in [-0.25, -0.2) is 0 Å². The van der Waals surface area contributed by atoms with Gasteiger partial charge in [0.25, 0.3) is 0 Å². The number of aliphatic carboxylic acids is 1. The molecule has 37 heavy (non-hydrogen) atoms. The maximum Gasteiger partial charge on any atom is 0.305 e. The molecule has 206 valence electrons. The molecule has 0 saturated heterocycles. The Morgan fingerprint density at radius 2 is 1.92 bits per heavy atom. The van der Waals surface area contributed by atoms with Gasteiger partial charge in [-0.05, 0) is 62.5 Å². The largest absolute Gasteiger partial charge is 0.481 e. The predicted molar refractivity (Wildman–Crippen MR) is 132 cm³/mol. The van der Waals surface area contributed by atoms with Gasteiger partial charge in [0.05, 0.1) is 30.3 Å². The second kappa shape index (κ2) is 10.2. The maximum absolute atomic E-state index is 12.4. The molecule has 4 unspecified atom stereocenters. The summed E-state index contributed by atoms with van der Waals surface area (Å²) in [6, 6.07) is 0. The van der Waals surface area contributed by atoms with Crippen LogP contribution >= 0.6 is 0 Å². The summed E-state index contributed by atoms with van der Waals surface area (Å²) in [5.74, 6) is -1.42. The Labute approximate surface area is 217 Å². The van der Waals surface area contributed by atoms with Crippen molar-refractivity contribution >= 4 is 17.7 Å². The molecule has 0 aromatic rings. The van der Waals surface area contributed by atoms with E-state index in [1.165, 1.54) is 0 Å². The van der Waals surface area contributed by atoms with Crippen LogP contribution in [0.25, 0.3) is 0 Å². The zero-order valence-corrected chi connectivity index (χ0v) is 21.6. The zero-order chi connectivity index (χ0) is 27.2. The Morgan fingerprint density at radius 1 is 1.19 bits per heavy atom. The number of hydrogen-bond acceptors (Lipinski definition) is 8. The van der Waals surface area contributed by atoms with Gasteiger partial charge in [-0.2, -0.15) is 0 Å². The van der Waals surface area contributed by atoms with E-state index in [-0.39, 0.29) is 54.8 Å². The van der Waals surface area contributed by atoms with E-state index in [9.17, 15) is 34.8 Å². The van der Waals surface area contributed by atoms with Crippen molar-refractivity contribution in [3.05, 3.63) is 23.8 Å². The molecule has 0 aromatic carbocycles. The fourth-order valence-corrected chi connectivity index (χ4v) is 8.07. The van der Waals surface area contributed by atoms with Gasteiger partial charge >= 0.3 is 11.9 Å². The first-order valence-electron chi connectivity index (χ1n) is 13.4. The van der Waals surface area contributed by atoms with Crippen molar-refractivity contribution in [2.75, 3.05) is 6.61 Å². The summed E-state index contributed by atoms with van der Waals surface area (Å²) in [5, 5.41) is 51.5. The van der Waals surface area contributed by atoms with E-state index >= 15 is 0 Å². The van der Waals surface area contributed by atoms with Gasteiger partial charge in [0.1, 0.15) is 6.61 Å². The minimum Gasteiger partial charge on any atom is -0.481 e. The van der Waals surface area contributed by atoms with Crippen LogP contribution in [0.5, 0.6) is 0 Å². The number of carbonyl (C=O) groups excluding carboxylic acids is 2. The summed E-state index contributed by atoms with van der Waals surface area (Å²) in [7, 11) is 0. The number of aliphatic hydroxyl groups excluding tert-OH is 3. The third-order valence-corrected chi connectivity index (χ3v) is 9.95. The van der Waals surface area contributed by atoms with Crippen LogP contribution in [0.15, 0.2) is 23.8 Å². The minimum atomic E-state index is -1.23. The van der Waals surface area contributed by atoms with Crippen molar-refractivity contribution in [2.45, 2.75) is 95.5 Å². The van der Waals surface area contributed by atoms with E-state index < -0.39 is 47.7 Å². The van der Waals surface area contributed by atoms with Gasteiger partial charge in [0.15, 0.2) is 5.78 Å². The number of rotatable bonds is 9. The Balaban J connectivity index is 1.37. The lowest BCUT2D eigenvalue weighted by atomic mass is 9.46. The molecule has 0 heterocycles. The van der Waals surface area contributed by atoms with Gasteiger partial charge < -0.3 is 30.3 Å². The number of esters is 1. The van der Waals surface area contributed by atoms with Crippen LogP contribution < -0.4 is 0 Å². The second-order valence-electron chi connectivity index (χ2n) is 12.1. The number of carboxylic acid groups (broad SMARTS) is 1. The average Bonchev–Trinajstić information content (AvgIpc) is 3.06. The quantitative estimate of drug-likeness (QED) is 0.286. The van der Waals surface area contributed by atoms with Crippen LogP contribution in [-0.2, 0) is 19.1 Å². The van der Waals surface area contributed by atoms with E-state index in [1.54, 1.807) is 12.2 Å². The summed E-state index contributed by atoms with van der Waals surface area (Å²) in [6.07, 6.45) is 5.00. The van der Waals surface area contributed by atoms with Gasteiger partial charge in [-0.3, -0.25) is 14.4 Å². The molecule has 0 aliphatic heterocycles. The van der Waals surface area contributed by atoms with Gasteiger partial charge in [0.2, 0.25) is 0 Å². The Hall–Kier alpha value is -2.07. The first-order chi connectivity index (χ1) is 17.3. The molecule has 0 spiro atoms. The first-order valence-corrected chi connectivity index (χ1v) is 13.4. The lowest BCUT2D eigenvalue weighted by Gasteiger charge is -2.60. The van der Waals surface area contributed by atoms with Crippen LogP contribution in [0.3, 0.4) is 0 Å². The smallest absolute Gasteiger partial charge is 0.305 e. The molecule has 4 aliphatic carbocycles. The van der Waals surface area contributed by atoms with Crippen LogP contribution in [0.1, 0.15) is 71.6 Å². The minimum absolute atomic E-state index is 0.00727. The standard InChI is InChI=1S/C28H40O9/c1-26-8-5-17(29)11-16(26)3-4-20-21-6-9-28(36,27(21,2)14-22(32)25(20)26)10-7-24(35)37-15-19(31)12-18(30)13-23(33)34/h5,8,11,18-22,25,30-32,36H,3-4,6-7,9-10,12-15H2,1-2H3,(H,33,34)/t18-,19+,20?,21?,22?,25?,26+,27+,28+/m1/s1. The van der Waals surface area contributed by atoms with Gasteiger partial charge in [-0.15, -0.1) is 0 Å². The predicted octanol–water partition coefficient (Wildman–Crippen LogP) is 1.91. The van der Waals surface area contributed by atoms with E-state index in [2.05, 4.69) is 6.92 Å². The summed E-state index contributed by atoms with van der Waals surface area (Å²) < 4.78 is 5.12. The molecule has 4 rings (SSSR count). The molecule has 0 radical (unpaired) electrons. The molecule has 4 aliphatic rings. The fourth-order valence-electron chi connectivity index (χ4n) is 8.07. The summed E-state index contributed by atoms with van der Waals surface area (Å²) in [5.41, 5.74) is -1.01. The highest BCUT2D eigenvalue weighted by molar-refractivity contribution is 6.01. The van der Waals surface area contributed by atoms with Crippen molar-refractivity contribution in [2.24, 2.45) is 28.6 Å². The van der Waals surface area contributed by atoms with E-state index in [0.29, 0.717) is 12.8 Å². The third kappa shape index (κ3) is 5.15. The topological polar surface area (TPSA) is 162 Å². The summed E-state index contributed by atoms with van der Waals surface area (Å²) in [4.78, 5) is 35.0. The van der Waals surface area contributed by atoms with Crippen molar-refractivity contribution in [1.82, 2.24) is 0 Å². The van der Waals surface area contributed by atoms with Crippen molar-refractivity contribution in [3.63, 3.8) is 0 Å². The number of allylic oxidation sites excluding steroid dienone is 4. The summed E-state index contributed by atoms with van der Waals surface area (Å²) >= 11 is 0. The normalized spacial score (nSPS) is 40.2. The molecule has 3 saturated carbocycles. The molecule has 9 atom stereocenters. The Kier molecular flexibility index (Phi) is 7.74. The Bertz CT molecular complexity index is 988. The SMILES string of the molecule is C[C@]12C=CC(=O)C=C1CCC1C2C(O)C[C@@]2(C)C1CC[C@]2(O)CCC(=O)OC[C@@H](O)C[C@@H](O)CC(=O)O. The monoisotopic (exact) mass is 520 g/mol. The number of carbonyl (C=O) groups is 3. The average molecular weight is 521 g/mol. The van der Waals surface area contributed by atoms with E-state index in [4.69, 9.17) is 9.84 Å².